The number of rotatable bonds is 3. The third-order valence-corrected chi connectivity index (χ3v) is 2.75. The average Bonchev–Trinajstić information content (AvgIpc) is 2.18. The van der Waals surface area contributed by atoms with Gasteiger partial charge in [-0.25, -0.2) is 0 Å². The van der Waals surface area contributed by atoms with E-state index in [4.69, 9.17) is 10.00 Å². The Kier molecular flexibility index (Phi) is 2.47. The van der Waals surface area contributed by atoms with Gasteiger partial charge in [-0.2, -0.15) is 5.26 Å². The number of pyridine rings is 1. The van der Waals surface area contributed by atoms with Gasteiger partial charge in [0.25, 0.3) is 0 Å². The number of hydrogen-bond acceptors (Lipinski definition) is 3. The van der Waals surface area contributed by atoms with E-state index in [1.165, 1.54) is 5.56 Å². The number of nitriles is 1. The van der Waals surface area contributed by atoms with Crippen LogP contribution in [0.15, 0.2) is 24.5 Å². The molecule has 14 heavy (non-hydrogen) atoms. The van der Waals surface area contributed by atoms with Crippen LogP contribution in [0.4, 0.5) is 0 Å². The van der Waals surface area contributed by atoms with Crippen molar-refractivity contribution in [3.05, 3.63) is 30.1 Å². The first-order valence-electron chi connectivity index (χ1n) is 4.73. The Labute approximate surface area is 83.3 Å². The first-order chi connectivity index (χ1) is 6.87. The highest BCUT2D eigenvalue weighted by atomic mass is 16.5. The predicted octanol–water partition coefficient (Wildman–Crippen LogP) is 1.65. The summed E-state index contributed by atoms with van der Waals surface area (Å²) in [4.78, 5) is 4.10. The SMILES string of the molecule is N#CCCC1(c2cccnc2)COC1. The second-order valence-electron chi connectivity index (χ2n) is 3.67. The van der Waals surface area contributed by atoms with E-state index < -0.39 is 0 Å². The zero-order valence-electron chi connectivity index (χ0n) is 7.94. The lowest BCUT2D eigenvalue weighted by Crippen LogP contribution is -2.46. The molecule has 2 rings (SSSR count). The Hall–Kier alpha value is -1.40. The van der Waals surface area contributed by atoms with E-state index in [0.717, 1.165) is 19.6 Å². The molecule has 0 atom stereocenters. The van der Waals surface area contributed by atoms with E-state index in [-0.39, 0.29) is 5.41 Å². The van der Waals surface area contributed by atoms with E-state index in [1.807, 2.05) is 12.3 Å². The van der Waals surface area contributed by atoms with Gasteiger partial charge in [0.2, 0.25) is 0 Å². The number of hydrogen-bond donors (Lipinski definition) is 0. The van der Waals surface area contributed by atoms with Gasteiger partial charge >= 0.3 is 0 Å². The lowest BCUT2D eigenvalue weighted by molar-refractivity contribution is -0.0638. The third kappa shape index (κ3) is 1.49. The molecule has 0 aromatic carbocycles. The Morgan fingerprint density at radius 2 is 2.43 bits per heavy atom. The van der Waals surface area contributed by atoms with Crippen LogP contribution in [0.5, 0.6) is 0 Å². The van der Waals surface area contributed by atoms with Crippen molar-refractivity contribution in [2.45, 2.75) is 18.3 Å². The van der Waals surface area contributed by atoms with Gasteiger partial charge in [0.15, 0.2) is 0 Å². The van der Waals surface area contributed by atoms with Crippen molar-refractivity contribution in [2.75, 3.05) is 13.2 Å². The summed E-state index contributed by atoms with van der Waals surface area (Å²) in [6.45, 7) is 1.45. The maximum atomic E-state index is 8.59. The molecule has 1 aliphatic heterocycles. The van der Waals surface area contributed by atoms with Crippen LogP contribution >= 0.6 is 0 Å². The summed E-state index contributed by atoms with van der Waals surface area (Å²) < 4.78 is 5.25. The second-order valence-corrected chi connectivity index (χ2v) is 3.67. The summed E-state index contributed by atoms with van der Waals surface area (Å²) >= 11 is 0. The Bertz CT molecular complexity index is 338. The molecule has 0 N–H and O–H groups in total. The molecule has 0 unspecified atom stereocenters. The van der Waals surface area contributed by atoms with Gasteiger partial charge in [-0.1, -0.05) is 6.07 Å². The van der Waals surface area contributed by atoms with Crippen LogP contribution in [-0.2, 0) is 10.2 Å². The summed E-state index contributed by atoms with van der Waals surface area (Å²) in [5.74, 6) is 0. The molecular weight excluding hydrogens is 176 g/mol. The molecule has 0 bridgehead atoms. The lowest BCUT2D eigenvalue weighted by Gasteiger charge is -2.41. The van der Waals surface area contributed by atoms with Crippen LogP contribution < -0.4 is 0 Å². The molecule has 2 heterocycles. The summed E-state index contributed by atoms with van der Waals surface area (Å²) in [6.07, 6.45) is 5.09. The number of ether oxygens (including phenoxy) is 1. The van der Waals surface area contributed by atoms with Gasteiger partial charge in [0.1, 0.15) is 0 Å². The second kappa shape index (κ2) is 3.77. The fourth-order valence-corrected chi connectivity index (χ4v) is 1.78. The fraction of sp³-hybridized carbons (Fsp3) is 0.455. The minimum Gasteiger partial charge on any atom is -0.379 e. The molecule has 3 nitrogen and oxygen atoms in total. The van der Waals surface area contributed by atoms with E-state index in [1.54, 1.807) is 6.20 Å². The van der Waals surface area contributed by atoms with Gasteiger partial charge in [0, 0.05) is 24.2 Å². The number of nitrogens with zero attached hydrogens (tertiary/aromatic N) is 2. The first-order valence-corrected chi connectivity index (χ1v) is 4.73. The normalized spacial score (nSPS) is 18.2. The quantitative estimate of drug-likeness (QED) is 0.724. The molecule has 0 saturated carbocycles. The molecule has 1 aromatic heterocycles. The van der Waals surface area contributed by atoms with E-state index in [9.17, 15) is 0 Å². The zero-order chi connectivity index (χ0) is 9.86. The lowest BCUT2D eigenvalue weighted by atomic mass is 9.76. The van der Waals surface area contributed by atoms with Crippen molar-refractivity contribution in [3.8, 4) is 6.07 Å². The Balaban J connectivity index is 2.17. The smallest absolute Gasteiger partial charge is 0.0622 e. The van der Waals surface area contributed by atoms with Crippen LogP contribution in [-0.4, -0.2) is 18.2 Å². The van der Waals surface area contributed by atoms with Crippen molar-refractivity contribution >= 4 is 0 Å². The molecule has 1 aromatic rings. The molecule has 0 amide bonds. The number of aromatic nitrogens is 1. The predicted molar refractivity (Wildman–Crippen MR) is 51.6 cm³/mol. The van der Waals surface area contributed by atoms with Crippen molar-refractivity contribution in [2.24, 2.45) is 0 Å². The highest BCUT2D eigenvalue weighted by Gasteiger charge is 2.39. The van der Waals surface area contributed by atoms with Crippen LogP contribution in [0.25, 0.3) is 0 Å². The van der Waals surface area contributed by atoms with Gasteiger partial charge in [-0.3, -0.25) is 4.98 Å². The third-order valence-electron chi connectivity index (χ3n) is 2.75. The van der Waals surface area contributed by atoms with E-state index in [0.29, 0.717) is 6.42 Å². The molecule has 1 saturated heterocycles. The summed E-state index contributed by atoms with van der Waals surface area (Å²) in [5.41, 5.74) is 1.26. The van der Waals surface area contributed by atoms with Gasteiger partial charge in [-0.05, 0) is 18.1 Å². The van der Waals surface area contributed by atoms with Crippen molar-refractivity contribution < 1.29 is 4.74 Å². The van der Waals surface area contributed by atoms with Crippen LogP contribution in [0, 0.1) is 11.3 Å². The van der Waals surface area contributed by atoms with E-state index >= 15 is 0 Å². The van der Waals surface area contributed by atoms with Crippen molar-refractivity contribution in [1.82, 2.24) is 4.98 Å². The topological polar surface area (TPSA) is 45.9 Å². The Morgan fingerprint density at radius 1 is 1.57 bits per heavy atom. The standard InChI is InChI=1S/C11H12N2O/c12-5-2-4-11(8-14-9-11)10-3-1-6-13-7-10/h1,3,6-7H,2,4,8-9H2. The maximum absolute atomic E-state index is 8.59. The van der Waals surface area contributed by atoms with Crippen molar-refractivity contribution in [3.63, 3.8) is 0 Å². The van der Waals surface area contributed by atoms with Gasteiger partial charge < -0.3 is 4.74 Å². The van der Waals surface area contributed by atoms with Gasteiger partial charge in [-0.15, -0.1) is 0 Å². The molecule has 1 fully saturated rings. The molecule has 1 aliphatic rings. The molecule has 0 radical (unpaired) electrons. The molecular formula is C11H12N2O. The molecule has 0 spiro atoms. The average molecular weight is 188 g/mol. The maximum Gasteiger partial charge on any atom is 0.0622 e. The minimum atomic E-state index is 0.0595. The van der Waals surface area contributed by atoms with Crippen LogP contribution in [0.1, 0.15) is 18.4 Å². The minimum absolute atomic E-state index is 0.0595. The fourth-order valence-electron chi connectivity index (χ4n) is 1.78. The first kappa shape index (κ1) is 9.17. The highest BCUT2D eigenvalue weighted by Crippen LogP contribution is 2.36. The summed E-state index contributed by atoms with van der Waals surface area (Å²) in [7, 11) is 0. The summed E-state index contributed by atoms with van der Waals surface area (Å²) in [6, 6.07) is 6.18. The monoisotopic (exact) mass is 188 g/mol. The zero-order valence-corrected chi connectivity index (χ0v) is 7.94. The summed E-state index contributed by atoms with van der Waals surface area (Å²) in [5, 5.41) is 8.59. The van der Waals surface area contributed by atoms with Gasteiger partial charge in [0.05, 0.1) is 19.3 Å². The Morgan fingerprint density at radius 3 is 2.93 bits per heavy atom. The van der Waals surface area contributed by atoms with E-state index in [2.05, 4.69) is 17.1 Å². The van der Waals surface area contributed by atoms with Crippen LogP contribution in [0.3, 0.4) is 0 Å². The van der Waals surface area contributed by atoms with Crippen molar-refractivity contribution in [1.29, 1.82) is 5.26 Å². The molecule has 0 aliphatic carbocycles. The molecule has 72 valence electrons. The highest BCUT2D eigenvalue weighted by molar-refractivity contribution is 5.24. The largest absolute Gasteiger partial charge is 0.379 e. The van der Waals surface area contributed by atoms with Crippen LogP contribution in [0.2, 0.25) is 0 Å². The molecule has 3 heteroatoms.